The maximum absolute atomic E-state index is 5.73. The zero-order chi connectivity index (χ0) is 5.28. The normalized spacial score (nSPS) is 42.0. The Balaban J connectivity index is 2.33. The molecule has 1 rings (SSSR count). The van der Waals surface area contributed by atoms with Gasteiger partial charge in [0.05, 0.1) is 0 Å². The molecule has 0 radical (unpaired) electrons. The van der Waals surface area contributed by atoms with Crippen molar-refractivity contribution < 1.29 is 0 Å². The van der Waals surface area contributed by atoms with Crippen molar-refractivity contribution in [3.8, 4) is 0 Å². The van der Waals surface area contributed by atoms with Gasteiger partial charge >= 0.3 is 0 Å². The van der Waals surface area contributed by atoms with Gasteiger partial charge in [0.1, 0.15) is 0 Å². The second-order valence-electron chi connectivity index (χ2n) is 1.96. The molecule has 0 aromatic carbocycles. The molecule has 0 amide bonds. The fraction of sp³-hybridized carbons (Fsp3) is 1.00. The fourth-order valence-electron chi connectivity index (χ4n) is 0.870. The van der Waals surface area contributed by atoms with E-state index in [4.69, 9.17) is 23.2 Å². The molecule has 0 nitrogen and oxygen atoms in total. The molecule has 0 aromatic rings. The van der Waals surface area contributed by atoms with E-state index in [0.29, 0.717) is 0 Å². The molecule has 0 spiro atoms. The maximum atomic E-state index is 5.73. The summed E-state index contributed by atoms with van der Waals surface area (Å²) in [6, 6.07) is 0. The van der Waals surface area contributed by atoms with Gasteiger partial charge in [-0.3, -0.25) is 0 Å². The first-order chi connectivity index (χ1) is 3.30. The molecule has 0 heterocycles. The largest absolute Gasteiger partial charge is 0.121 e. The van der Waals surface area contributed by atoms with Crippen LogP contribution >= 0.6 is 23.2 Å². The van der Waals surface area contributed by atoms with E-state index in [1.54, 1.807) is 0 Å². The average Bonchev–Trinajstić information content (AvgIpc) is 1.91. The van der Waals surface area contributed by atoms with E-state index in [1.807, 2.05) is 0 Å². The summed E-state index contributed by atoms with van der Waals surface area (Å²) < 4.78 is 0. The Bertz CT molecular complexity index is 55.1. The molecular weight excluding hydrogens is 131 g/mol. The zero-order valence-corrected chi connectivity index (χ0v) is 5.54. The number of halogens is 2. The minimum Gasteiger partial charge on any atom is -0.121 e. The topological polar surface area (TPSA) is 0 Å². The van der Waals surface area contributed by atoms with Gasteiger partial charge in [-0.25, -0.2) is 0 Å². The van der Waals surface area contributed by atoms with Crippen LogP contribution in [0.2, 0.25) is 0 Å². The maximum Gasteiger partial charge on any atom is 0.0499 e. The van der Waals surface area contributed by atoms with Gasteiger partial charge < -0.3 is 0 Å². The number of hydrogen-bond acceptors (Lipinski definition) is 0. The summed E-state index contributed by atoms with van der Waals surface area (Å²) >= 11 is 11.5. The molecule has 2 heteroatoms. The highest BCUT2D eigenvalue weighted by Gasteiger charge is 2.22. The van der Waals surface area contributed by atoms with Gasteiger partial charge in [-0.05, 0) is 12.8 Å². The fourth-order valence-corrected chi connectivity index (χ4v) is 1.43. The van der Waals surface area contributed by atoms with Crippen molar-refractivity contribution in [1.82, 2.24) is 0 Å². The summed E-state index contributed by atoms with van der Waals surface area (Å²) in [6.45, 7) is 0. The summed E-state index contributed by atoms with van der Waals surface area (Å²) in [5.41, 5.74) is 0. The molecule has 7 heavy (non-hydrogen) atoms. The second-order valence-corrected chi connectivity index (χ2v) is 3.08. The molecule has 1 aliphatic carbocycles. The lowest BCUT2D eigenvalue weighted by Crippen LogP contribution is -2.03. The zero-order valence-electron chi connectivity index (χ0n) is 4.03. The van der Waals surface area contributed by atoms with Crippen LogP contribution in [0.15, 0.2) is 0 Å². The minimum absolute atomic E-state index is 0.252. The lowest BCUT2D eigenvalue weighted by molar-refractivity contribution is 0.888. The SMILES string of the molecule is Cl[C@@H]1CCC[C@H]1Cl. The highest BCUT2D eigenvalue weighted by Crippen LogP contribution is 2.27. The Kier molecular flexibility index (Phi) is 1.82. The predicted molar refractivity (Wildman–Crippen MR) is 33.1 cm³/mol. The molecule has 0 aromatic heterocycles. The van der Waals surface area contributed by atoms with E-state index in [2.05, 4.69) is 0 Å². The van der Waals surface area contributed by atoms with Crippen molar-refractivity contribution in [2.24, 2.45) is 0 Å². The first-order valence-electron chi connectivity index (χ1n) is 2.59. The van der Waals surface area contributed by atoms with Gasteiger partial charge in [-0.1, -0.05) is 6.42 Å². The summed E-state index contributed by atoms with van der Waals surface area (Å²) in [5.74, 6) is 0. The van der Waals surface area contributed by atoms with Crippen molar-refractivity contribution in [2.75, 3.05) is 0 Å². The van der Waals surface area contributed by atoms with Crippen LogP contribution in [0.5, 0.6) is 0 Å². The van der Waals surface area contributed by atoms with Crippen LogP contribution in [0, 0.1) is 0 Å². The first-order valence-corrected chi connectivity index (χ1v) is 3.46. The van der Waals surface area contributed by atoms with E-state index in [0.717, 1.165) is 12.8 Å². The van der Waals surface area contributed by atoms with Crippen LogP contribution in [0.4, 0.5) is 0 Å². The quantitative estimate of drug-likeness (QED) is 0.452. The molecule has 0 aliphatic heterocycles. The van der Waals surface area contributed by atoms with Crippen LogP contribution in [0.1, 0.15) is 19.3 Å². The van der Waals surface area contributed by atoms with Crippen LogP contribution in [0.3, 0.4) is 0 Å². The van der Waals surface area contributed by atoms with Crippen molar-refractivity contribution in [2.45, 2.75) is 30.0 Å². The molecule has 2 atom stereocenters. The predicted octanol–water partition coefficient (Wildman–Crippen LogP) is 2.39. The Morgan fingerprint density at radius 2 is 1.43 bits per heavy atom. The van der Waals surface area contributed by atoms with Gasteiger partial charge in [0, 0.05) is 10.8 Å². The first kappa shape index (κ1) is 5.71. The molecule has 42 valence electrons. The third-order valence-corrected chi connectivity index (χ3v) is 2.53. The minimum atomic E-state index is 0.252. The Labute approximate surface area is 53.8 Å². The van der Waals surface area contributed by atoms with Crippen molar-refractivity contribution in [3.63, 3.8) is 0 Å². The molecule has 0 bridgehead atoms. The van der Waals surface area contributed by atoms with Crippen LogP contribution in [0.25, 0.3) is 0 Å². The standard InChI is InChI=1S/C5H8Cl2/c6-4-2-1-3-5(4)7/h4-5H,1-3H2/t4-,5-/m1/s1. The molecule has 0 N–H and O–H groups in total. The van der Waals surface area contributed by atoms with Crippen molar-refractivity contribution in [1.29, 1.82) is 0 Å². The molecule has 1 aliphatic rings. The lowest BCUT2D eigenvalue weighted by Gasteiger charge is -1.99. The highest BCUT2D eigenvalue weighted by molar-refractivity contribution is 6.30. The lowest BCUT2D eigenvalue weighted by atomic mass is 10.4. The number of alkyl halides is 2. The molecule has 1 saturated carbocycles. The smallest absolute Gasteiger partial charge is 0.0499 e. The third kappa shape index (κ3) is 1.23. The van der Waals surface area contributed by atoms with E-state index in [1.165, 1.54) is 6.42 Å². The molecule has 0 unspecified atom stereocenters. The Morgan fingerprint density at radius 3 is 1.57 bits per heavy atom. The van der Waals surface area contributed by atoms with E-state index in [9.17, 15) is 0 Å². The summed E-state index contributed by atoms with van der Waals surface area (Å²) in [4.78, 5) is 0. The van der Waals surface area contributed by atoms with Gasteiger partial charge in [0.2, 0.25) is 0 Å². The molecular formula is C5H8Cl2. The van der Waals surface area contributed by atoms with Gasteiger partial charge in [-0.15, -0.1) is 23.2 Å². The average molecular weight is 139 g/mol. The summed E-state index contributed by atoms with van der Waals surface area (Å²) in [7, 11) is 0. The summed E-state index contributed by atoms with van der Waals surface area (Å²) in [6.07, 6.45) is 3.42. The van der Waals surface area contributed by atoms with Gasteiger partial charge in [0.15, 0.2) is 0 Å². The highest BCUT2D eigenvalue weighted by atomic mass is 35.5. The molecule has 0 saturated heterocycles. The van der Waals surface area contributed by atoms with Gasteiger partial charge in [0.25, 0.3) is 0 Å². The van der Waals surface area contributed by atoms with E-state index < -0.39 is 0 Å². The second kappa shape index (κ2) is 2.23. The Hall–Kier alpha value is 0.580. The monoisotopic (exact) mass is 138 g/mol. The van der Waals surface area contributed by atoms with Crippen LogP contribution < -0.4 is 0 Å². The third-order valence-electron chi connectivity index (χ3n) is 1.35. The summed E-state index contributed by atoms with van der Waals surface area (Å²) in [5, 5.41) is 0.503. The van der Waals surface area contributed by atoms with E-state index in [-0.39, 0.29) is 10.8 Å². The molecule has 1 fully saturated rings. The van der Waals surface area contributed by atoms with Crippen molar-refractivity contribution >= 4 is 23.2 Å². The Morgan fingerprint density at radius 1 is 1.00 bits per heavy atom. The van der Waals surface area contributed by atoms with Gasteiger partial charge in [-0.2, -0.15) is 0 Å². The number of rotatable bonds is 0. The van der Waals surface area contributed by atoms with E-state index >= 15 is 0 Å². The van der Waals surface area contributed by atoms with Crippen LogP contribution in [-0.4, -0.2) is 10.8 Å². The van der Waals surface area contributed by atoms with Crippen LogP contribution in [-0.2, 0) is 0 Å². The number of hydrogen-bond donors (Lipinski definition) is 0. The van der Waals surface area contributed by atoms with Crippen molar-refractivity contribution in [3.05, 3.63) is 0 Å².